The molecule has 1 aliphatic carbocycles. The van der Waals surface area contributed by atoms with Gasteiger partial charge < -0.3 is 5.32 Å². The lowest BCUT2D eigenvalue weighted by Gasteiger charge is -2.26. The molecule has 2 heteroatoms. The molecule has 18 heavy (non-hydrogen) atoms. The molecule has 2 fully saturated rings. The molecule has 0 atom stereocenters. The number of rotatable bonds is 5. The van der Waals surface area contributed by atoms with Crippen molar-refractivity contribution in [3.8, 4) is 0 Å². The highest BCUT2D eigenvalue weighted by Gasteiger charge is 2.20. The van der Waals surface area contributed by atoms with Gasteiger partial charge in [-0.3, -0.25) is 4.90 Å². The largest absolute Gasteiger partial charge is 0.385 e. The molecule has 3 rings (SSSR count). The maximum Gasteiger partial charge on any atom is 0.0340 e. The molecule has 98 valence electrons. The Morgan fingerprint density at radius 2 is 1.72 bits per heavy atom. The molecule has 0 unspecified atom stereocenters. The molecule has 1 saturated carbocycles. The van der Waals surface area contributed by atoms with Crippen molar-refractivity contribution < 1.29 is 0 Å². The molecule has 0 spiro atoms. The summed E-state index contributed by atoms with van der Waals surface area (Å²) in [6.45, 7) is 4.84. The minimum atomic E-state index is 0.943. The SMILES string of the molecule is c1cc(NCC2CC2)ccc1CN1CCCCC1. The summed E-state index contributed by atoms with van der Waals surface area (Å²) in [5.41, 5.74) is 2.73. The van der Waals surface area contributed by atoms with Crippen LogP contribution in [0.3, 0.4) is 0 Å². The second kappa shape index (κ2) is 5.75. The number of hydrogen-bond acceptors (Lipinski definition) is 2. The highest BCUT2D eigenvalue weighted by molar-refractivity contribution is 5.44. The van der Waals surface area contributed by atoms with Crippen molar-refractivity contribution in [2.24, 2.45) is 5.92 Å². The van der Waals surface area contributed by atoms with E-state index in [1.165, 1.54) is 56.4 Å². The average molecular weight is 244 g/mol. The fraction of sp³-hybridized carbons (Fsp3) is 0.625. The first-order valence-corrected chi connectivity index (χ1v) is 7.45. The Hall–Kier alpha value is -1.02. The first kappa shape index (κ1) is 12.0. The van der Waals surface area contributed by atoms with Gasteiger partial charge in [0.25, 0.3) is 0 Å². The topological polar surface area (TPSA) is 15.3 Å². The summed E-state index contributed by atoms with van der Waals surface area (Å²) < 4.78 is 0. The number of nitrogens with zero attached hydrogens (tertiary/aromatic N) is 1. The van der Waals surface area contributed by atoms with Gasteiger partial charge in [-0.15, -0.1) is 0 Å². The summed E-state index contributed by atoms with van der Waals surface area (Å²) in [4.78, 5) is 2.58. The second-order valence-corrected chi connectivity index (χ2v) is 5.86. The van der Waals surface area contributed by atoms with Gasteiger partial charge in [0, 0.05) is 18.8 Å². The van der Waals surface area contributed by atoms with Gasteiger partial charge in [0.05, 0.1) is 0 Å². The van der Waals surface area contributed by atoms with Gasteiger partial charge in [-0.2, -0.15) is 0 Å². The van der Waals surface area contributed by atoms with E-state index in [2.05, 4.69) is 34.5 Å². The van der Waals surface area contributed by atoms with Crippen molar-refractivity contribution in [2.45, 2.75) is 38.6 Å². The van der Waals surface area contributed by atoms with E-state index in [4.69, 9.17) is 0 Å². The van der Waals surface area contributed by atoms with Crippen molar-refractivity contribution in [3.05, 3.63) is 29.8 Å². The third-order valence-electron chi connectivity index (χ3n) is 4.10. The lowest BCUT2D eigenvalue weighted by Crippen LogP contribution is -2.29. The van der Waals surface area contributed by atoms with Gasteiger partial charge in [-0.05, 0) is 62.4 Å². The molecular weight excluding hydrogens is 220 g/mol. The Kier molecular flexibility index (Phi) is 3.84. The Bertz CT molecular complexity index is 361. The quantitative estimate of drug-likeness (QED) is 0.853. The van der Waals surface area contributed by atoms with E-state index in [1.807, 2.05) is 0 Å². The van der Waals surface area contributed by atoms with E-state index in [1.54, 1.807) is 0 Å². The summed E-state index contributed by atoms with van der Waals surface area (Å²) in [7, 11) is 0. The fourth-order valence-corrected chi connectivity index (χ4v) is 2.69. The third-order valence-corrected chi connectivity index (χ3v) is 4.10. The van der Waals surface area contributed by atoms with Gasteiger partial charge in [-0.25, -0.2) is 0 Å². The normalized spacial score (nSPS) is 20.9. The highest BCUT2D eigenvalue weighted by atomic mass is 15.1. The van der Waals surface area contributed by atoms with Crippen LogP contribution >= 0.6 is 0 Å². The molecule has 1 aromatic rings. The van der Waals surface area contributed by atoms with Crippen LogP contribution in [0.2, 0.25) is 0 Å². The van der Waals surface area contributed by atoms with Crippen molar-refractivity contribution in [1.82, 2.24) is 4.90 Å². The summed E-state index contributed by atoms with van der Waals surface area (Å²) >= 11 is 0. The zero-order valence-electron chi connectivity index (χ0n) is 11.2. The summed E-state index contributed by atoms with van der Waals surface area (Å²) in [6.07, 6.45) is 7.00. The monoisotopic (exact) mass is 244 g/mol. The van der Waals surface area contributed by atoms with Crippen LogP contribution in [-0.2, 0) is 6.54 Å². The summed E-state index contributed by atoms with van der Waals surface area (Å²) in [5.74, 6) is 0.943. The van der Waals surface area contributed by atoms with E-state index in [0.29, 0.717) is 0 Å². The Morgan fingerprint density at radius 1 is 1.00 bits per heavy atom. The van der Waals surface area contributed by atoms with Crippen molar-refractivity contribution in [2.75, 3.05) is 25.0 Å². The van der Waals surface area contributed by atoms with E-state index in [0.717, 1.165) is 19.0 Å². The van der Waals surface area contributed by atoms with Crippen LogP contribution in [0.25, 0.3) is 0 Å². The molecule has 1 heterocycles. The molecule has 0 bridgehead atoms. The van der Waals surface area contributed by atoms with Crippen LogP contribution < -0.4 is 5.32 Å². The maximum atomic E-state index is 3.52. The Morgan fingerprint density at radius 3 is 2.39 bits per heavy atom. The van der Waals surface area contributed by atoms with Gasteiger partial charge in [0.1, 0.15) is 0 Å². The first-order chi connectivity index (χ1) is 8.90. The molecule has 2 aliphatic rings. The standard InChI is InChI=1S/C16H24N2/c1-2-10-18(11-3-1)13-15-6-8-16(9-7-15)17-12-14-4-5-14/h6-9,14,17H,1-5,10-13H2. The molecule has 1 aliphatic heterocycles. The summed E-state index contributed by atoms with van der Waals surface area (Å²) in [5, 5.41) is 3.52. The zero-order valence-corrected chi connectivity index (χ0v) is 11.2. The molecule has 0 aromatic heterocycles. The van der Waals surface area contributed by atoms with Crippen molar-refractivity contribution in [1.29, 1.82) is 0 Å². The molecular formula is C16H24N2. The van der Waals surface area contributed by atoms with Crippen molar-refractivity contribution >= 4 is 5.69 Å². The van der Waals surface area contributed by atoms with E-state index in [-0.39, 0.29) is 0 Å². The summed E-state index contributed by atoms with van der Waals surface area (Å²) in [6, 6.07) is 9.04. The number of piperidine rings is 1. The smallest absolute Gasteiger partial charge is 0.0340 e. The predicted octanol–water partition coefficient (Wildman–Crippen LogP) is 3.49. The van der Waals surface area contributed by atoms with Crippen LogP contribution in [0.1, 0.15) is 37.7 Å². The Labute approximate surface area is 110 Å². The number of anilines is 1. The third kappa shape index (κ3) is 3.49. The Balaban J connectivity index is 1.49. The second-order valence-electron chi connectivity index (χ2n) is 5.86. The lowest BCUT2D eigenvalue weighted by atomic mass is 10.1. The molecule has 2 nitrogen and oxygen atoms in total. The molecule has 1 saturated heterocycles. The first-order valence-electron chi connectivity index (χ1n) is 7.45. The van der Waals surface area contributed by atoms with Gasteiger partial charge in [0.2, 0.25) is 0 Å². The van der Waals surface area contributed by atoms with E-state index in [9.17, 15) is 0 Å². The lowest BCUT2D eigenvalue weighted by molar-refractivity contribution is 0.221. The number of likely N-dealkylation sites (tertiary alicyclic amines) is 1. The van der Waals surface area contributed by atoms with E-state index >= 15 is 0 Å². The fourth-order valence-electron chi connectivity index (χ4n) is 2.69. The number of hydrogen-bond donors (Lipinski definition) is 1. The van der Waals surface area contributed by atoms with Gasteiger partial charge in [-0.1, -0.05) is 18.6 Å². The van der Waals surface area contributed by atoms with Crippen molar-refractivity contribution in [3.63, 3.8) is 0 Å². The average Bonchev–Trinajstić information content (AvgIpc) is 3.23. The number of nitrogens with one attached hydrogen (secondary N) is 1. The zero-order chi connectivity index (χ0) is 12.2. The molecule has 1 aromatic carbocycles. The molecule has 1 N–H and O–H groups in total. The minimum absolute atomic E-state index is 0.943. The van der Waals surface area contributed by atoms with Crippen LogP contribution in [-0.4, -0.2) is 24.5 Å². The van der Waals surface area contributed by atoms with Crippen LogP contribution in [0, 0.1) is 5.92 Å². The van der Waals surface area contributed by atoms with Crippen LogP contribution in [0.5, 0.6) is 0 Å². The van der Waals surface area contributed by atoms with Crippen LogP contribution in [0.4, 0.5) is 5.69 Å². The van der Waals surface area contributed by atoms with E-state index < -0.39 is 0 Å². The minimum Gasteiger partial charge on any atom is -0.385 e. The van der Waals surface area contributed by atoms with Crippen LogP contribution in [0.15, 0.2) is 24.3 Å². The predicted molar refractivity (Wildman–Crippen MR) is 76.8 cm³/mol. The number of benzene rings is 1. The molecule has 0 radical (unpaired) electrons. The maximum absolute atomic E-state index is 3.52. The highest BCUT2D eigenvalue weighted by Crippen LogP contribution is 2.28. The van der Waals surface area contributed by atoms with Gasteiger partial charge >= 0.3 is 0 Å². The molecule has 0 amide bonds. The van der Waals surface area contributed by atoms with Gasteiger partial charge in [0.15, 0.2) is 0 Å².